The average Bonchev–Trinajstić information content (AvgIpc) is 3.39. The minimum absolute atomic E-state index is 0.262. The van der Waals surface area contributed by atoms with Gasteiger partial charge in [-0.05, 0) is 55.8 Å². The van der Waals surface area contributed by atoms with Crippen LogP contribution in [-0.2, 0) is 28.9 Å². The summed E-state index contributed by atoms with van der Waals surface area (Å²) in [4.78, 5) is 15.0. The molecule has 3 aromatic rings. The second kappa shape index (κ2) is 9.43. The highest BCUT2D eigenvalue weighted by Gasteiger charge is 2.18. The van der Waals surface area contributed by atoms with Crippen LogP contribution in [0.4, 0.5) is 4.79 Å². The number of nitrogens with zero attached hydrogens (tertiary/aromatic N) is 2. The lowest BCUT2D eigenvalue weighted by Crippen LogP contribution is -2.25. The molecule has 158 valence electrons. The number of carbonyl (C=O) groups excluding carboxylic acids is 1. The van der Waals surface area contributed by atoms with Gasteiger partial charge in [0, 0.05) is 24.2 Å². The fourth-order valence-corrected chi connectivity index (χ4v) is 3.81. The minimum Gasteiger partial charge on any atom is -0.444 e. The molecule has 4 rings (SSSR count). The molecular formula is C24H29N3O3. The third-order valence-corrected chi connectivity index (χ3v) is 5.46. The van der Waals surface area contributed by atoms with Gasteiger partial charge in [-0.15, -0.1) is 0 Å². The number of aromatic nitrogens is 1. The van der Waals surface area contributed by atoms with Crippen molar-refractivity contribution >= 4 is 17.0 Å². The monoisotopic (exact) mass is 407 g/mol. The van der Waals surface area contributed by atoms with E-state index in [1.807, 2.05) is 42.6 Å². The molecule has 2 heterocycles. The Balaban J connectivity index is 1.58. The summed E-state index contributed by atoms with van der Waals surface area (Å²) >= 11 is 0. The molecule has 0 radical (unpaired) electrons. The van der Waals surface area contributed by atoms with Crippen molar-refractivity contribution in [2.75, 3.05) is 34.0 Å². The van der Waals surface area contributed by atoms with Gasteiger partial charge < -0.3 is 14.4 Å². The number of hydrogen-bond acceptors (Lipinski definition) is 5. The van der Waals surface area contributed by atoms with Crippen LogP contribution in [0.2, 0.25) is 0 Å². The number of rotatable bonds is 7. The van der Waals surface area contributed by atoms with E-state index in [2.05, 4.69) is 36.4 Å². The summed E-state index contributed by atoms with van der Waals surface area (Å²) < 4.78 is 12.7. The lowest BCUT2D eigenvalue weighted by atomic mass is 10.0. The van der Waals surface area contributed by atoms with Crippen molar-refractivity contribution < 1.29 is 14.3 Å². The summed E-state index contributed by atoms with van der Waals surface area (Å²) in [5.74, 6) is 0. The van der Waals surface area contributed by atoms with Gasteiger partial charge in [-0.1, -0.05) is 36.4 Å². The molecule has 6 heteroatoms. The molecule has 0 bridgehead atoms. The Kier molecular flexibility index (Phi) is 6.47. The van der Waals surface area contributed by atoms with Crippen molar-refractivity contribution in [3.63, 3.8) is 0 Å². The van der Waals surface area contributed by atoms with Gasteiger partial charge in [0.1, 0.15) is 6.61 Å². The first-order valence-corrected chi connectivity index (χ1v) is 10.4. The molecule has 0 amide bonds. The second-order valence-corrected chi connectivity index (χ2v) is 8.09. The van der Waals surface area contributed by atoms with E-state index in [1.54, 1.807) is 4.57 Å². The zero-order valence-electron chi connectivity index (χ0n) is 17.6. The first-order chi connectivity index (χ1) is 14.6. The minimum atomic E-state index is -0.349. The largest absolute Gasteiger partial charge is 0.444 e. The van der Waals surface area contributed by atoms with Crippen molar-refractivity contribution in [2.45, 2.75) is 25.5 Å². The molecule has 1 aliphatic heterocycles. The molecule has 1 unspecified atom stereocenters. The van der Waals surface area contributed by atoms with Gasteiger partial charge in [-0.3, -0.25) is 9.88 Å². The van der Waals surface area contributed by atoms with Crippen LogP contribution in [0.5, 0.6) is 0 Å². The predicted octanol–water partition coefficient (Wildman–Crippen LogP) is 3.42. The zero-order valence-corrected chi connectivity index (χ0v) is 17.6. The Hall–Kier alpha value is -2.67. The highest BCUT2D eigenvalue weighted by Crippen LogP contribution is 2.25. The maximum absolute atomic E-state index is 12.9. The van der Waals surface area contributed by atoms with Crippen LogP contribution in [0.15, 0.2) is 54.7 Å². The van der Waals surface area contributed by atoms with Crippen LogP contribution in [0.1, 0.15) is 16.7 Å². The van der Waals surface area contributed by atoms with E-state index in [0.717, 1.165) is 48.0 Å². The lowest BCUT2D eigenvalue weighted by molar-refractivity contribution is 0.142. The molecule has 1 aliphatic rings. The summed E-state index contributed by atoms with van der Waals surface area (Å²) in [5, 5.41) is 4.47. The van der Waals surface area contributed by atoms with Crippen molar-refractivity contribution in [3.05, 3.63) is 71.4 Å². The molecule has 1 fully saturated rings. The van der Waals surface area contributed by atoms with Crippen molar-refractivity contribution in [3.8, 4) is 0 Å². The predicted molar refractivity (Wildman–Crippen MR) is 118 cm³/mol. The Morgan fingerprint density at radius 1 is 1.20 bits per heavy atom. The molecule has 0 spiro atoms. The maximum atomic E-state index is 12.9. The highest BCUT2D eigenvalue weighted by atomic mass is 16.5. The van der Waals surface area contributed by atoms with E-state index >= 15 is 0 Å². The summed E-state index contributed by atoms with van der Waals surface area (Å²) in [6.45, 7) is 2.53. The molecule has 1 aromatic heterocycles. The molecule has 0 aliphatic carbocycles. The van der Waals surface area contributed by atoms with Gasteiger partial charge in [0.25, 0.3) is 0 Å². The zero-order chi connectivity index (χ0) is 20.9. The molecule has 1 N–H and O–H groups in total. The lowest BCUT2D eigenvalue weighted by Gasteiger charge is -2.10. The van der Waals surface area contributed by atoms with Crippen LogP contribution in [0, 0.1) is 0 Å². The summed E-state index contributed by atoms with van der Waals surface area (Å²) in [6, 6.07) is 16.4. The molecule has 0 saturated carbocycles. The Morgan fingerprint density at radius 2 is 2.03 bits per heavy atom. The van der Waals surface area contributed by atoms with E-state index in [-0.39, 0.29) is 12.7 Å². The van der Waals surface area contributed by atoms with E-state index in [4.69, 9.17) is 9.47 Å². The quantitative estimate of drug-likeness (QED) is 0.650. The summed E-state index contributed by atoms with van der Waals surface area (Å²) in [7, 11) is 4.12. The van der Waals surface area contributed by atoms with Gasteiger partial charge >= 0.3 is 6.09 Å². The molecule has 6 nitrogen and oxygen atoms in total. The van der Waals surface area contributed by atoms with Crippen molar-refractivity contribution in [1.82, 2.24) is 14.8 Å². The number of hydrogen-bond donors (Lipinski definition) is 1. The van der Waals surface area contributed by atoms with E-state index in [1.165, 1.54) is 5.56 Å². The van der Waals surface area contributed by atoms with Crippen molar-refractivity contribution in [2.24, 2.45) is 0 Å². The standard InChI is InChI=1S/C24H29N3O3/c1-26(2)11-10-20-14-27(24(28)30-15-18-6-4-3-5-7-18)23-9-8-19(13-22(20)23)12-21-16-29-17-25-21/h3-9,13-14,21,25H,10-12,15-17H2,1-2H3. The Labute approximate surface area is 177 Å². The third kappa shape index (κ3) is 4.90. The fraction of sp³-hybridized carbons (Fsp3) is 0.375. The number of ether oxygens (including phenoxy) is 2. The first kappa shape index (κ1) is 20.6. The molecule has 1 atom stereocenters. The van der Waals surface area contributed by atoms with Crippen molar-refractivity contribution in [1.29, 1.82) is 0 Å². The molecular weight excluding hydrogens is 378 g/mol. The summed E-state index contributed by atoms with van der Waals surface area (Å²) in [5.41, 5.74) is 4.27. The second-order valence-electron chi connectivity index (χ2n) is 8.09. The van der Waals surface area contributed by atoms with E-state index in [0.29, 0.717) is 12.8 Å². The van der Waals surface area contributed by atoms with Gasteiger partial charge in [-0.2, -0.15) is 0 Å². The van der Waals surface area contributed by atoms with E-state index < -0.39 is 0 Å². The fourth-order valence-electron chi connectivity index (χ4n) is 3.81. The van der Waals surface area contributed by atoms with Crippen LogP contribution in [0.3, 0.4) is 0 Å². The van der Waals surface area contributed by atoms with Gasteiger partial charge in [0.05, 0.1) is 18.9 Å². The molecule has 2 aromatic carbocycles. The van der Waals surface area contributed by atoms with Crippen LogP contribution >= 0.6 is 0 Å². The third-order valence-electron chi connectivity index (χ3n) is 5.46. The highest BCUT2D eigenvalue weighted by molar-refractivity contribution is 5.92. The Morgan fingerprint density at radius 3 is 2.77 bits per heavy atom. The van der Waals surface area contributed by atoms with Crippen LogP contribution < -0.4 is 5.32 Å². The first-order valence-electron chi connectivity index (χ1n) is 10.4. The average molecular weight is 408 g/mol. The number of nitrogens with one attached hydrogen (secondary N) is 1. The van der Waals surface area contributed by atoms with E-state index in [9.17, 15) is 4.79 Å². The van der Waals surface area contributed by atoms with Gasteiger partial charge in [0.15, 0.2) is 0 Å². The SMILES string of the molecule is CN(C)CCc1cn(C(=O)OCc2ccccc2)c2ccc(CC3COCN3)cc12. The smallest absolute Gasteiger partial charge is 0.418 e. The number of carbonyl (C=O) groups is 1. The normalized spacial score (nSPS) is 16.4. The maximum Gasteiger partial charge on any atom is 0.418 e. The summed E-state index contributed by atoms with van der Waals surface area (Å²) in [6.07, 6.45) is 3.37. The number of likely N-dealkylation sites (N-methyl/N-ethyl adjacent to an activating group) is 1. The Bertz CT molecular complexity index is 992. The number of benzene rings is 2. The number of fused-ring (bicyclic) bond motifs is 1. The molecule has 30 heavy (non-hydrogen) atoms. The van der Waals surface area contributed by atoms with Crippen LogP contribution in [-0.4, -0.2) is 55.6 Å². The topological polar surface area (TPSA) is 55.7 Å². The van der Waals surface area contributed by atoms with Gasteiger partial charge in [-0.25, -0.2) is 4.79 Å². The molecule has 1 saturated heterocycles. The van der Waals surface area contributed by atoms with Crippen LogP contribution in [0.25, 0.3) is 10.9 Å². The van der Waals surface area contributed by atoms with Gasteiger partial charge in [0.2, 0.25) is 0 Å².